The van der Waals surface area contributed by atoms with E-state index in [1.807, 2.05) is 12.1 Å². The molecule has 0 unspecified atom stereocenters. The van der Waals surface area contributed by atoms with Crippen molar-refractivity contribution in [3.63, 3.8) is 0 Å². The number of ether oxygens (including phenoxy) is 2. The smallest absolute Gasteiger partial charge is 0.132 e. The van der Waals surface area contributed by atoms with Gasteiger partial charge in [0.2, 0.25) is 0 Å². The van der Waals surface area contributed by atoms with Gasteiger partial charge in [0.15, 0.2) is 0 Å². The van der Waals surface area contributed by atoms with Crippen LogP contribution in [0, 0.1) is 0 Å². The summed E-state index contributed by atoms with van der Waals surface area (Å²) in [5.74, 6) is 1.63. The van der Waals surface area contributed by atoms with Crippen LogP contribution in [0.3, 0.4) is 0 Å². The van der Waals surface area contributed by atoms with E-state index in [1.54, 1.807) is 14.2 Å². The molecule has 4 rings (SSSR count). The summed E-state index contributed by atoms with van der Waals surface area (Å²) in [5.41, 5.74) is 3.54. The predicted molar refractivity (Wildman–Crippen MR) is 110 cm³/mol. The topological polar surface area (TPSA) is 24.9 Å². The van der Waals surface area contributed by atoms with E-state index in [0.717, 1.165) is 30.2 Å². The summed E-state index contributed by atoms with van der Waals surface area (Å²) in [6.07, 6.45) is 0.0515. The highest BCUT2D eigenvalue weighted by Crippen LogP contribution is 2.41. The van der Waals surface area contributed by atoms with Gasteiger partial charge in [-0.15, -0.1) is 0 Å². The lowest BCUT2D eigenvalue weighted by Gasteiger charge is -2.34. The second-order valence-electron chi connectivity index (χ2n) is 6.54. The van der Waals surface area contributed by atoms with Gasteiger partial charge in [-0.25, -0.2) is 0 Å². The SMILES string of the molecule is COc1ccc(C2N(c3ccccc3)CCN2c2ccccc2)c(OC)c1. The fourth-order valence-corrected chi connectivity index (χ4v) is 3.78. The zero-order valence-corrected chi connectivity index (χ0v) is 15.7. The van der Waals surface area contributed by atoms with E-state index in [4.69, 9.17) is 9.47 Å². The molecule has 0 saturated carbocycles. The van der Waals surface area contributed by atoms with Gasteiger partial charge >= 0.3 is 0 Å². The lowest BCUT2D eigenvalue weighted by molar-refractivity contribution is 0.388. The van der Waals surface area contributed by atoms with Crippen LogP contribution in [-0.4, -0.2) is 27.3 Å². The van der Waals surface area contributed by atoms with Crippen LogP contribution in [0.15, 0.2) is 78.9 Å². The molecule has 0 bridgehead atoms. The Hall–Kier alpha value is -3.14. The molecule has 0 N–H and O–H groups in total. The molecule has 3 aromatic rings. The van der Waals surface area contributed by atoms with Crippen molar-refractivity contribution in [1.29, 1.82) is 0 Å². The maximum absolute atomic E-state index is 5.74. The highest BCUT2D eigenvalue weighted by atomic mass is 16.5. The highest BCUT2D eigenvalue weighted by molar-refractivity contribution is 5.61. The van der Waals surface area contributed by atoms with Crippen molar-refractivity contribution in [3.8, 4) is 11.5 Å². The van der Waals surface area contributed by atoms with E-state index in [1.165, 1.54) is 11.4 Å². The van der Waals surface area contributed by atoms with Crippen molar-refractivity contribution >= 4 is 11.4 Å². The van der Waals surface area contributed by atoms with Gasteiger partial charge in [-0.1, -0.05) is 36.4 Å². The molecule has 0 atom stereocenters. The zero-order chi connectivity index (χ0) is 18.6. The molecule has 0 amide bonds. The van der Waals surface area contributed by atoms with Crippen LogP contribution in [0.2, 0.25) is 0 Å². The summed E-state index contributed by atoms with van der Waals surface area (Å²) in [4.78, 5) is 4.86. The lowest BCUT2D eigenvalue weighted by atomic mass is 10.1. The summed E-state index contributed by atoms with van der Waals surface area (Å²) in [5, 5.41) is 0. The first-order chi connectivity index (χ1) is 13.3. The normalized spacial score (nSPS) is 14.4. The third kappa shape index (κ3) is 3.31. The molecule has 4 nitrogen and oxygen atoms in total. The van der Waals surface area contributed by atoms with Gasteiger partial charge in [-0.3, -0.25) is 0 Å². The van der Waals surface area contributed by atoms with Gasteiger partial charge in [0.05, 0.1) is 14.2 Å². The molecule has 3 aromatic carbocycles. The molecular weight excluding hydrogens is 336 g/mol. The third-order valence-corrected chi connectivity index (χ3v) is 5.07. The average Bonchev–Trinajstić information content (AvgIpc) is 3.19. The van der Waals surface area contributed by atoms with Crippen molar-refractivity contribution in [2.75, 3.05) is 37.1 Å². The van der Waals surface area contributed by atoms with E-state index in [0.29, 0.717) is 0 Å². The van der Waals surface area contributed by atoms with Crippen LogP contribution in [0.1, 0.15) is 11.7 Å². The second-order valence-corrected chi connectivity index (χ2v) is 6.54. The number of hydrogen-bond acceptors (Lipinski definition) is 4. The van der Waals surface area contributed by atoms with Gasteiger partial charge in [0, 0.05) is 36.1 Å². The Balaban J connectivity index is 1.82. The molecule has 4 heteroatoms. The van der Waals surface area contributed by atoms with E-state index in [-0.39, 0.29) is 6.17 Å². The molecule has 1 heterocycles. The van der Waals surface area contributed by atoms with Gasteiger partial charge < -0.3 is 19.3 Å². The summed E-state index contributed by atoms with van der Waals surface area (Å²) >= 11 is 0. The quantitative estimate of drug-likeness (QED) is 0.657. The Bertz CT molecular complexity index is 836. The van der Waals surface area contributed by atoms with Gasteiger partial charge in [-0.2, -0.15) is 0 Å². The van der Waals surface area contributed by atoms with E-state index in [9.17, 15) is 0 Å². The molecule has 27 heavy (non-hydrogen) atoms. The Morgan fingerprint density at radius 2 is 1.26 bits per heavy atom. The van der Waals surface area contributed by atoms with Crippen molar-refractivity contribution < 1.29 is 9.47 Å². The monoisotopic (exact) mass is 360 g/mol. The third-order valence-electron chi connectivity index (χ3n) is 5.07. The Labute approximate surface area is 160 Å². The Morgan fingerprint density at radius 3 is 1.74 bits per heavy atom. The van der Waals surface area contributed by atoms with Crippen molar-refractivity contribution in [3.05, 3.63) is 84.4 Å². The first-order valence-electron chi connectivity index (χ1n) is 9.17. The zero-order valence-electron chi connectivity index (χ0n) is 15.7. The van der Waals surface area contributed by atoms with Crippen LogP contribution in [-0.2, 0) is 0 Å². The maximum Gasteiger partial charge on any atom is 0.132 e. The second kappa shape index (κ2) is 7.62. The van der Waals surface area contributed by atoms with Crippen molar-refractivity contribution in [2.24, 2.45) is 0 Å². The molecule has 0 aliphatic carbocycles. The summed E-state index contributed by atoms with van der Waals surface area (Å²) < 4.78 is 11.1. The Morgan fingerprint density at radius 1 is 0.704 bits per heavy atom. The van der Waals surface area contributed by atoms with E-state index in [2.05, 4.69) is 76.5 Å². The number of methoxy groups -OCH3 is 2. The molecule has 0 radical (unpaired) electrons. The van der Waals surface area contributed by atoms with Crippen LogP contribution in [0.4, 0.5) is 11.4 Å². The number of anilines is 2. The minimum absolute atomic E-state index is 0.0515. The van der Waals surface area contributed by atoms with Crippen LogP contribution in [0.5, 0.6) is 11.5 Å². The fourth-order valence-electron chi connectivity index (χ4n) is 3.78. The van der Waals surface area contributed by atoms with Gasteiger partial charge in [0.25, 0.3) is 0 Å². The molecule has 138 valence electrons. The first kappa shape index (κ1) is 17.3. The van der Waals surface area contributed by atoms with Gasteiger partial charge in [-0.05, 0) is 36.4 Å². The minimum Gasteiger partial charge on any atom is -0.497 e. The molecule has 1 aliphatic rings. The lowest BCUT2D eigenvalue weighted by Crippen LogP contribution is -2.31. The number of nitrogens with zero attached hydrogens (tertiary/aromatic N) is 2. The largest absolute Gasteiger partial charge is 0.497 e. The van der Waals surface area contributed by atoms with Crippen LogP contribution in [0.25, 0.3) is 0 Å². The molecule has 1 saturated heterocycles. The van der Waals surface area contributed by atoms with Gasteiger partial charge in [0.1, 0.15) is 17.7 Å². The average molecular weight is 360 g/mol. The first-order valence-corrected chi connectivity index (χ1v) is 9.17. The molecule has 1 aliphatic heterocycles. The number of hydrogen-bond donors (Lipinski definition) is 0. The number of rotatable bonds is 5. The highest BCUT2D eigenvalue weighted by Gasteiger charge is 2.35. The summed E-state index contributed by atoms with van der Waals surface area (Å²) in [6.45, 7) is 1.89. The van der Waals surface area contributed by atoms with Crippen molar-refractivity contribution in [2.45, 2.75) is 6.17 Å². The van der Waals surface area contributed by atoms with E-state index < -0.39 is 0 Å². The predicted octanol–water partition coefficient (Wildman–Crippen LogP) is 4.73. The fraction of sp³-hybridized carbons (Fsp3) is 0.217. The van der Waals surface area contributed by atoms with E-state index >= 15 is 0 Å². The molecular formula is C23H24N2O2. The van der Waals surface area contributed by atoms with Crippen LogP contribution < -0.4 is 19.3 Å². The summed E-state index contributed by atoms with van der Waals surface area (Å²) in [6, 6.07) is 27.2. The number of benzene rings is 3. The van der Waals surface area contributed by atoms with Crippen molar-refractivity contribution in [1.82, 2.24) is 0 Å². The maximum atomic E-state index is 5.74. The standard InChI is InChI=1S/C23H24N2O2/c1-26-20-13-14-21(22(17-20)27-2)23-24(18-9-5-3-6-10-18)15-16-25(23)19-11-7-4-8-12-19/h3-14,17,23H,15-16H2,1-2H3. The molecule has 0 spiro atoms. The molecule has 1 fully saturated rings. The number of para-hydroxylation sites is 2. The molecule has 0 aromatic heterocycles. The Kier molecular flexibility index (Phi) is 4.88. The minimum atomic E-state index is 0.0515. The van der Waals surface area contributed by atoms with Crippen LogP contribution >= 0.6 is 0 Å². The summed E-state index contributed by atoms with van der Waals surface area (Å²) in [7, 11) is 3.39.